The summed E-state index contributed by atoms with van der Waals surface area (Å²) < 4.78 is 5.65. The number of allylic oxidation sites excluding steroid dienone is 8. The van der Waals surface area contributed by atoms with Crippen molar-refractivity contribution in [1.29, 1.82) is 0 Å². The highest BCUT2D eigenvalue weighted by Crippen LogP contribution is 2.35. The van der Waals surface area contributed by atoms with Crippen LogP contribution in [0.3, 0.4) is 0 Å². The number of pyridine rings is 1. The van der Waals surface area contributed by atoms with Crippen molar-refractivity contribution in [2.45, 2.75) is 6.42 Å². The molecule has 4 aromatic carbocycles. The molecule has 0 unspecified atom stereocenters. The fourth-order valence-corrected chi connectivity index (χ4v) is 6.08. The second-order valence-electron chi connectivity index (χ2n) is 11.4. The standard InChI is InChI=1S/C42H35N3O/c1-28(20-21-43-2)36-24-35(17-19-42(36)46-3)33-15-9-14-32(23-33)30-12-7-8-13-31(22-30)34-16-18-39-37(25-34)38-26-40(44-27-41(38)45-39)29-10-5-4-6-11-29/h4-6,8-27,43,45H,1,7H2,2-3H3/b21-20-. The number of nitrogens with zero attached hydrogens (tertiary/aromatic N) is 1. The molecular formula is C42H35N3O. The Hall–Kier alpha value is -5.87. The van der Waals surface area contributed by atoms with Gasteiger partial charge < -0.3 is 15.0 Å². The molecule has 0 aliphatic heterocycles. The van der Waals surface area contributed by atoms with Gasteiger partial charge in [-0.3, -0.25) is 4.98 Å². The van der Waals surface area contributed by atoms with Crippen molar-refractivity contribution in [3.05, 3.63) is 163 Å². The third-order valence-corrected chi connectivity index (χ3v) is 8.49. The Bertz CT molecular complexity index is 2210. The van der Waals surface area contributed by atoms with E-state index in [9.17, 15) is 0 Å². The molecule has 2 aromatic heterocycles. The zero-order chi connectivity index (χ0) is 31.5. The number of methoxy groups -OCH3 is 1. The van der Waals surface area contributed by atoms with E-state index in [1.165, 1.54) is 33.0 Å². The molecule has 1 aliphatic carbocycles. The van der Waals surface area contributed by atoms with Crippen molar-refractivity contribution in [3.8, 4) is 28.1 Å². The largest absolute Gasteiger partial charge is 0.496 e. The number of rotatable bonds is 8. The van der Waals surface area contributed by atoms with Crippen molar-refractivity contribution in [2.24, 2.45) is 0 Å². The lowest BCUT2D eigenvalue weighted by molar-refractivity contribution is 0.413. The van der Waals surface area contributed by atoms with Crippen molar-refractivity contribution in [2.75, 3.05) is 14.2 Å². The maximum atomic E-state index is 5.65. The first-order valence-electron chi connectivity index (χ1n) is 15.5. The van der Waals surface area contributed by atoms with E-state index in [0.29, 0.717) is 0 Å². The molecule has 0 amide bonds. The molecule has 0 radical (unpaired) electrons. The van der Waals surface area contributed by atoms with Crippen LogP contribution in [0.1, 0.15) is 23.1 Å². The lowest BCUT2D eigenvalue weighted by atomic mass is 9.94. The van der Waals surface area contributed by atoms with Crippen molar-refractivity contribution in [3.63, 3.8) is 0 Å². The van der Waals surface area contributed by atoms with Gasteiger partial charge in [0.05, 0.1) is 24.5 Å². The topological polar surface area (TPSA) is 49.9 Å². The van der Waals surface area contributed by atoms with Gasteiger partial charge in [-0.2, -0.15) is 0 Å². The first kappa shape index (κ1) is 28.9. The normalized spacial score (nSPS) is 13.1. The summed E-state index contributed by atoms with van der Waals surface area (Å²) in [7, 11) is 3.57. The minimum absolute atomic E-state index is 0.801. The fourth-order valence-electron chi connectivity index (χ4n) is 6.08. The Balaban J connectivity index is 1.24. The average molecular weight is 598 g/mol. The number of hydrogen-bond acceptors (Lipinski definition) is 3. The number of aromatic amines is 1. The highest BCUT2D eigenvalue weighted by molar-refractivity contribution is 6.09. The van der Waals surface area contributed by atoms with E-state index in [4.69, 9.17) is 9.72 Å². The van der Waals surface area contributed by atoms with Crippen LogP contribution in [0.15, 0.2) is 146 Å². The summed E-state index contributed by atoms with van der Waals surface area (Å²) in [6, 6.07) is 34.2. The number of H-pyrrole nitrogens is 1. The summed E-state index contributed by atoms with van der Waals surface area (Å²) in [6.45, 7) is 4.26. The molecule has 2 heterocycles. The van der Waals surface area contributed by atoms with Gasteiger partial charge in [-0.05, 0) is 100 Å². The molecule has 0 saturated carbocycles. The Kier molecular flexibility index (Phi) is 7.92. The van der Waals surface area contributed by atoms with E-state index in [2.05, 4.69) is 126 Å². The summed E-state index contributed by atoms with van der Waals surface area (Å²) in [6.07, 6.45) is 15.7. The number of aromatic nitrogens is 2. The summed E-state index contributed by atoms with van der Waals surface area (Å²) in [5, 5.41) is 5.41. The van der Waals surface area contributed by atoms with Crippen LogP contribution in [-0.2, 0) is 0 Å². The van der Waals surface area contributed by atoms with E-state index in [0.717, 1.165) is 56.7 Å². The van der Waals surface area contributed by atoms with E-state index in [-0.39, 0.29) is 0 Å². The lowest BCUT2D eigenvalue weighted by Crippen LogP contribution is -1.94. The maximum Gasteiger partial charge on any atom is 0.126 e. The number of hydrogen-bond donors (Lipinski definition) is 2. The second kappa shape index (κ2) is 12.6. The molecule has 0 spiro atoms. The van der Waals surface area contributed by atoms with Crippen LogP contribution < -0.4 is 10.1 Å². The number of nitrogens with one attached hydrogen (secondary N) is 2. The first-order chi connectivity index (χ1) is 22.6. The van der Waals surface area contributed by atoms with Gasteiger partial charge in [-0.15, -0.1) is 0 Å². The second-order valence-corrected chi connectivity index (χ2v) is 11.4. The molecule has 6 aromatic rings. The predicted octanol–water partition coefficient (Wildman–Crippen LogP) is 10.2. The highest BCUT2D eigenvalue weighted by atomic mass is 16.5. The maximum absolute atomic E-state index is 5.65. The molecule has 0 atom stereocenters. The van der Waals surface area contributed by atoms with Gasteiger partial charge in [0.2, 0.25) is 0 Å². The Morgan fingerprint density at radius 3 is 2.41 bits per heavy atom. The zero-order valence-corrected chi connectivity index (χ0v) is 26.0. The minimum atomic E-state index is 0.801. The third kappa shape index (κ3) is 5.69. The zero-order valence-electron chi connectivity index (χ0n) is 26.0. The van der Waals surface area contributed by atoms with E-state index in [1.54, 1.807) is 7.11 Å². The van der Waals surface area contributed by atoms with Gasteiger partial charge in [-0.1, -0.05) is 85.5 Å². The SMILES string of the molecule is C=C(/C=C\NC)c1cc(-c2cccc(C3=CCC=CC(c4ccc5[nH]c6cnc(-c7ccccc7)cc6c5c4)=C3)c2)ccc1OC. The Morgan fingerprint density at radius 1 is 0.804 bits per heavy atom. The van der Waals surface area contributed by atoms with E-state index < -0.39 is 0 Å². The summed E-state index contributed by atoms with van der Waals surface area (Å²) >= 11 is 0. The molecule has 0 saturated heterocycles. The van der Waals surface area contributed by atoms with Crippen LogP contribution in [0, 0.1) is 0 Å². The van der Waals surface area contributed by atoms with Crippen LogP contribution in [-0.4, -0.2) is 24.1 Å². The van der Waals surface area contributed by atoms with Gasteiger partial charge in [0.1, 0.15) is 5.75 Å². The van der Waals surface area contributed by atoms with Crippen LogP contribution in [0.2, 0.25) is 0 Å². The van der Waals surface area contributed by atoms with Gasteiger partial charge in [-0.25, -0.2) is 0 Å². The molecular weight excluding hydrogens is 562 g/mol. The van der Waals surface area contributed by atoms with Crippen molar-refractivity contribution in [1.82, 2.24) is 15.3 Å². The first-order valence-corrected chi connectivity index (χ1v) is 15.5. The molecule has 4 nitrogen and oxygen atoms in total. The van der Waals surface area contributed by atoms with Gasteiger partial charge in [0.25, 0.3) is 0 Å². The van der Waals surface area contributed by atoms with Gasteiger partial charge in [0, 0.05) is 34.5 Å². The average Bonchev–Trinajstić information content (AvgIpc) is 3.29. The number of benzene rings is 4. The molecule has 1 aliphatic rings. The molecule has 7 rings (SSSR count). The third-order valence-electron chi connectivity index (χ3n) is 8.49. The Labute approximate surface area is 269 Å². The minimum Gasteiger partial charge on any atom is -0.496 e. The summed E-state index contributed by atoms with van der Waals surface area (Å²) in [5.41, 5.74) is 13.1. The molecule has 224 valence electrons. The van der Waals surface area contributed by atoms with E-state index >= 15 is 0 Å². The quantitative estimate of drug-likeness (QED) is 0.172. The monoisotopic (exact) mass is 597 g/mol. The molecule has 2 N–H and O–H groups in total. The molecule has 0 fully saturated rings. The van der Waals surface area contributed by atoms with Crippen LogP contribution in [0.4, 0.5) is 0 Å². The smallest absolute Gasteiger partial charge is 0.126 e. The van der Waals surface area contributed by atoms with Crippen LogP contribution in [0.25, 0.3) is 60.9 Å². The lowest BCUT2D eigenvalue weighted by Gasteiger charge is -2.13. The fraction of sp³-hybridized carbons (Fsp3) is 0.0714. The summed E-state index contributed by atoms with van der Waals surface area (Å²) in [5.74, 6) is 0.801. The molecule has 46 heavy (non-hydrogen) atoms. The molecule has 4 heteroatoms. The number of fused-ring (bicyclic) bond motifs is 3. The number of ether oxygens (including phenoxy) is 1. The summed E-state index contributed by atoms with van der Waals surface area (Å²) in [4.78, 5) is 8.28. The van der Waals surface area contributed by atoms with Gasteiger partial charge >= 0.3 is 0 Å². The molecule has 0 bridgehead atoms. The predicted molar refractivity (Wildman–Crippen MR) is 194 cm³/mol. The van der Waals surface area contributed by atoms with E-state index in [1.807, 2.05) is 37.7 Å². The highest BCUT2D eigenvalue weighted by Gasteiger charge is 2.13. The Morgan fingerprint density at radius 2 is 1.57 bits per heavy atom. The van der Waals surface area contributed by atoms with Crippen molar-refractivity contribution < 1.29 is 4.74 Å². The van der Waals surface area contributed by atoms with Crippen LogP contribution in [0.5, 0.6) is 5.75 Å². The van der Waals surface area contributed by atoms with Crippen LogP contribution >= 0.6 is 0 Å². The van der Waals surface area contributed by atoms with Crippen molar-refractivity contribution >= 4 is 38.5 Å². The van der Waals surface area contributed by atoms with Gasteiger partial charge in [0.15, 0.2) is 0 Å².